The van der Waals surface area contributed by atoms with Gasteiger partial charge in [0.1, 0.15) is 11.5 Å². The summed E-state index contributed by atoms with van der Waals surface area (Å²) >= 11 is 0. The largest absolute Gasteiger partial charge is 0.508 e. The third-order valence-electron chi connectivity index (χ3n) is 3.73. The predicted octanol–water partition coefficient (Wildman–Crippen LogP) is 2.20. The van der Waals surface area contributed by atoms with Gasteiger partial charge in [-0.1, -0.05) is 0 Å². The molecule has 2 aromatic carbocycles. The first kappa shape index (κ1) is 13.6. The summed E-state index contributed by atoms with van der Waals surface area (Å²) in [5, 5.41) is 32.0. The van der Waals surface area contributed by atoms with Crippen LogP contribution in [0.1, 0.15) is 18.1 Å². The first-order chi connectivity index (χ1) is 9.98. The Morgan fingerprint density at radius 3 is 2.43 bits per heavy atom. The summed E-state index contributed by atoms with van der Waals surface area (Å²) in [5.74, 6) is 0.482. The average molecular weight is 287 g/mol. The molecular weight excluding hydrogens is 270 g/mol. The van der Waals surface area contributed by atoms with Crippen molar-refractivity contribution < 1.29 is 20.1 Å². The van der Waals surface area contributed by atoms with E-state index in [1.165, 1.54) is 6.07 Å². The Bertz CT molecular complexity index is 669. The van der Waals surface area contributed by atoms with E-state index in [2.05, 4.69) is 5.32 Å². The minimum absolute atomic E-state index is 0.123. The van der Waals surface area contributed by atoms with Gasteiger partial charge in [0.2, 0.25) is 0 Å². The highest BCUT2D eigenvalue weighted by Gasteiger charge is 2.34. The third-order valence-corrected chi connectivity index (χ3v) is 3.73. The number of phenolic OH excluding ortho intramolecular Hbond substituents is 3. The van der Waals surface area contributed by atoms with E-state index in [4.69, 9.17) is 4.74 Å². The molecule has 1 atom stereocenters. The fourth-order valence-electron chi connectivity index (χ4n) is 2.64. The lowest BCUT2D eigenvalue weighted by atomic mass is 9.91. The van der Waals surface area contributed by atoms with Crippen LogP contribution in [0.15, 0.2) is 36.4 Å². The summed E-state index contributed by atoms with van der Waals surface area (Å²) in [4.78, 5) is 0. The fourth-order valence-corrected chi connectivity index (χ4v) is 2.64. The number of hydrogen-bond donors (Lipinski definition) is 4. The van der Waals surface area contributed by atoms with E-state index in [0.717, 1.165) is 17.5 Å². The number of hydrogen-bond acceptors (Lipinski definition) is 5. The quantitative estimate of drug-likeness (QED) is 0.637. The normalized spacial score (nSPS) is 20.8. The van der Waals surface area contributed by atoms with Gasteiger partial charge in [-0.05, 0) is 55.3 Å². The van der Waals surface area contributed by atoms with Crippen LogP contribution < -0.4 is 10.1 Å². The molecule has 0 aromatic heterocycles. The van der Waals surface area contributed by atoms with Crippen LogP contribution >= 0.6 is 0 Å². The van der Waals surface area contributed by atoms with E-state index < -0.39 is 5.72 Å². The number of nitrogens with one attached hydrogen (secondary N) is 1. The SMILES string of the molecule is CC1(Oc2ccc(O)cc2)NCCc2cc(O)c(O)cc21. The summed E-state index contributed by atoms with van der Waals surface area (Å²) in [6, 6.07) is 9.56. The molecule has 0 fully saturated rings. The highest BCUT2D eigenvalue weighted by molar-refractivity contribution is 5.49. The standard InChI is InChI=1S/C16H17NO4/c1-16(21-12-4-2-11(18)3-5-12)13-9-15(20)14(19)8-10(13)6-7-17-16/h2-5,8-9,17-20H,6-7H2,1H3. The van der Waals surface area contributed by atoms with E-state index in [1.807, 2.05) is 6.92 Å². The summed E-state index contributed by atoms with van der Waals surface area (Å²) in [6.45, 7) is 2.57. The number of rotatable bonds is 2. The average Bonchev–Trinajstić information content (AvgIpc) is 2.44. The van der Waals surface area contributed by atoms with Crippen LogP contribution in [-0.4, -0.2) is 21.9 Å². The Morgan fingerprint density at radius 2 is 1.71 bits per heavy atom. The van der Waals surface area contributed by atoms with E-state index in [1.54, 1.807) is 30.3 Å². The summed E-state index contributed by atoms with van der Waals surface area (Å²) in [5.41, 5.74) is 0.915. The van der Waals surface area contributed by atoms with Crippen molar-refractivity contribution in [1.29, 1.82) is 0 Å². The van der Waals surface area contributed by atoms with E-state index in [9.17, 15) is 15.3 Å². The van der Waals surface area contributed by atoms with Gasteiger partial charge in [-0.2, -0.15) is 0 Å². The first-order valence-corrected chi connectivity index (χ1v) is 6.76. The Labute approximate surface area is 122 Å². The van der Waals surface area contributed by atoms with E-state index in [-0.39, 0.29) is 17.2 Å². The van der Waals surface area contributed by atoms with Crippen molar-refractivity contribution in [3.8, 4) is 23.0 Å². The van der Waals surface area contributed by atoms with Crippen LogP contribution in [0.3, 0.4) is 0 Å². The molecule has 5 nitrogen and oxygen atoms in total. The van der Waals surface area contributed by atoms with E-state index >= 15 is 0 Å². The van der Waals surface area contributed by atoms with Gasteiger partial charge in [0.15, 0.2) is 17.2 Å². The Hall–Kier alpha value is -2.40. The molecule has 1 aliphatic heterocycles. The minimum atomic E-state index is -0.810. The maximum atomic E-state index is 9.74. The molecule has 21 heavy (non-hydrogen) atoms. The van der Waals surface area contributed by atoms with Crippen LogP contribution in [0.4, 0.5) is 0 Å². The molecule has 0 bridgehead atoms. The van der Waals surface area contributed by atoms with Crippen LogP contribution in [0.5, 0.6) is 23.0 Å². The van der Waals surface area contributed by atoms with Gasteiger partial charge < -0.3 is 20.1 Å². The zero-order chi connectivity index (χ0) is 15.0. The van der Waals surface area contributed by atoms with Crippen molar-refractivity contribution in [2.24, 2.45) is 0 Å². The lowest BCUT2D eigenvalue weighted by Crippen LogP contribution is -2.49. The number of ether oxygens (including phenoxy) is 1. The molecule has 2 aromatic rings. The first-order valence-electron chi connectivity index (χ1n) is 6.76. The zero-order valence-electron chi connectivity index (χ0n) is 11.6. The van der Waals surface area contributed by atoms with Gasteiger partial charge in [-0.25, -0.2) is 0 Å². The second-order valence-corrected chi connectivity index (χ2v) is 5.30. The van der Waals surface area contributed by atoms with Gasteiger partial charge in [0.25, 0.3) is 0 Å². The second-order valence-electron chi connectivity index (χ2n) is 5.30. The number of fused-ring (bicyclic) bond motifs is 1. The molecule has 1 unspecified atom stereocenters. The van der Waals surface area contributed by atoms with Crippen LogP contribution in [0.25, 0.3) is 0 Å². The van der Waals surface area contributed by atoms with Crippen LogP contribution in [0, 0.1) is 0 Å². The molecule has 0 radical (unpaired) electrons. The molecule has 3 rings (SSSR count). The Balaban J connectivity index is 1.99. The van der Waals surface area contributed by atoms with Gasteiger partial charge in [0.05, 0.1) is 0 Å². The van der Waals surface area contributed by atoms with Crippen LogP contribution in [0.2, 0.25) is 0 Å². The molecule has 110 valence electrons. The monoisotopic (exact) mass is 287 g/mol. The molecule has 0 amide bonds. The highest BCUT2D eigenvalue weighted by atomic mass is 16.5. The van der Waals surface area contributed by atoms with Crippen molar-refractivity contribution in [3.05, 3.63) is 47.5 Å². The summed E-state index contributed by atoms with van der Waals surface area (Å²) in [6.07, 6.45) is 0.748. The lowest BCUT2D eigenvalue weighted by Gasteiger charge is -2.37. The fraction of sp³-hybridized carbons (Fsp3) is 0.250. The van der Waals surface area contributed by atoms with Crippen LogP contribution in [-0.2, 0) is 12.1 Å². The topological polar surface area (TPSA) is 82.0 Å². The minimum Gasteiger partial charge on any atom is -0.508 e. The molecule has 0 saturated carbocycles. The van der Waals surface area contributed by atoms with Gasteiger partial charge in [-0.15, -0.1) is 0 Å². The molecular formula is C16H17NO4. The van der Waals surface area contributed by atoms with Gasteiger partial charge in [-0.3, -0.25) is 5.32 Å². The molecule has 1 heterocycles. The van der Waals surface area contributed by atoms with Crippen molar-refractivity contribution in [2.45, 2.75) is 19.1 Å². The Morgan fingerprint density at radius 1 is 1.05 bits per heavy atom. The Kier molecular flexibility index (Phi) is 3.14. The maximum Gasteiger partial charge on any atom is 0.184 e. The molecule has 0 spiro atoms. The van der Waals surface area contributed by atoms with Gasteiger partial charge >= 0.3 is 0 Å². The number of phenols is 3. The van der Waals surface area contributed by atoms with Crippen molar-refractivity contribution in [2.75, 3.05) is 6.54 Å². The number of aromatic hydroxyl groups is 3. The molecule has 4 N–H and O–H groups in total. The summed E-state index contributed by atoms with van der Waals surface area (Å²) in [7, 11) is 0. The maximum absolute atomic E-state index is 9.74. The third kappa shape index (κ3) is 2.48. The van der Waals surface area contributed by atoms with Crippen molar-refractivity contribution >= 4 is 0 Å². The number of benzene rings is 2. The van der Waals surface area contributed by atoms with Crippen molar-refractivity contribution in [3.63, 3.8) is 0 Å². The molecule has 0 saturated heterocycles. The van der Waals surface area contributed by atoms with Crippen molar-refractivity contribution in [1.82, 2.24) is 5.32 Å². The highest BCUT2D eigenvalue weighted by Crippen LogP contribution is 2.37. The summed E-state index contributed by atoms with van der Waals surface area (Å²) < 4.78 is 6.00. The molecule has 0 aliphatic carbocycles. The van der Waals surface area contributed by atoms with E-state index in [0.29, 0.717) is 12.3 Å². The second kappa shape index (κ2) is 4.86. The molecule has 1 aliphatic rings. The lowest BCUT2D eigenvalue weighted by molar-refractivity contribution is 0.0417. The zero-order valence-corrected chi connectivity index (χ0v) is 11.6. The predicted molar refractivity (Wildman–Crippen MR) is 77.6 cm³/mol. The smallest absolute Gasteiger partial charge is 0.184 e. The van der Waals surface area contributed by atoms with Gasteiger partial charge in [0, 0.05) is 12.1 Å². The molecule has 5 heteroatoms.